The van der Waals surface area contributed by atoms with Crippen molar-refractivity contribution >= 4 is 11.6 Å². The van der Waals surface area contributed by atoms with Crippen molar-refractivity contribution in [3.8, 4) is 17.0 Å². The van der Waals surface area contributed by atoms with Crippen LogP contribution in [0.4, 0.5) is 10.1 Å². The minimum absolute atomic E-state index is 0.131. The predicted molar refractivity (Wildman–Crippen MR) is 111 cm³/mol. The van der Waals surface area contributed by atoms with Crippen LogP contribution in [-0.2, 0) is 12.1 Å². The van der Waals surface area contributed by atoms with E-state index in [0.717, 1.165) is 22.6 Å². The molecular formula is C22H25FN4O2. The molecule has 7 heteroatoms. The molecule has 6 nitrogen and oxygen atoms in total. The van der Waals surface area contributed by atoms with Crippen LogP contribution in [0.1, 0.15) is 36.7 Å². The fourth-order valence-corrected chi connectivity index (χ4v) is 2.92. The van der Waals surface area contributed by atoms with Crippen LogP contribution < -0.4 is 15.8 Å². The Balaban J connectivity index is 1.92. The van der Waals surface area contributed by atoms with Gasteiger partial charge in [0.2, 0.25) is 0 Å². The molecule has 0 fully saturated rings. The lowest BCUT2D eigenvalue weighted by Crippen LogP contribution is -2.22. The summed E-state index contributed by atoms with van der Waals surface area (Å²) in [6.45, 7) is 6.65. The van der Waals surface area contributed by atoms with E-state index in [9.17, 15) is 9.18 Å². The number of anilines is 1. The van der Waals surface area contributed by atoms with Gasteiger partial charge in [-0.3, -0.25) is 9.48 Å². The third kappa shape index (κ3) is 4.56. The zero-order valence-electron chi connectivity index (χ0n) is 17.0. The SMILES string of the molecule is COc1cccc(-c2nn(C(C)(C)C)cc2CNc2ccc(C(N)=O)c(F)c2)c1. The Hall–Kier alpha value is -3.35. The summed E-state index contributed by atoms with van der Waals surface area (Å²) in [6.07, 6.45) is 1.98. The normalized spacial score (nSPS) is 11.3. The van der Waals surface area contributed by atoms with E-state index in [2.05, 4.69) is 26.1 Å². The molecule has 152 valence electrons. The fraction of sp³-hybridized carbons (Fsp3) is 0.273. The third-order valence-electron chi connectivity index (χ3n) is 4.54. The molecule has 0 aliphatic rings. The van der Waals surface area contributed by atoms with Gasteiger partial charge in [-0.1, -0.05) is 12.1 Å². The average molecular weight is 396 g/mol. The summed E-state index contributed by atoms with van der Waals surface area (Å²) >= 11 is 0. The summed E-state index contributed by atoms with van der Waals surface area (Å²) in [5.74, 6) is -0.697. The first-order chi connectivity index (χ1) is 13.7. The van der Waals surface area contributed by atoms with Gasteiger partial charge in [0, 0.05) is 29.6 Å². The van der Waals surface area contributed by atoms with Crippen LogP contribution in [0.25, 0.3) is 11.3 Å². The number of halogens is 1. The highest BCUT2D eigenvalue weighted by atomic mass is 19.1. The Morgan fingerprint density at radius 3 is 2.62 bits per heavy atom. The van der Waals surface area contributed by atoms with E-state index in [1.54, 1.807) is 13.2 Å². The standard InChI is InChI=1S/C22H25FN4O2/c1-22(2,3)27-13-15(20(26-27)14-6-5-7-17(10-14)29-4)12-25-16-8-9-18(21(24)28)19(23)11-16/h5-11,13,25H,12H2,1-4H3,(H2,24,28). The highest BCUT2D eigenvalue weighted by Crippen LogP contribution is 2.28. The third-order valence-corrected chi connectivity index (χ3v) is 4.54. The molecule has 3 aromatic rings. The smallest absolute Gasteiger partial charge is 0.251 e. The number of hydrogen-bond acceptors (Lipinski definition) is 4. The number of methoxy groups -OCH3 is 1. The number of hydrogen-bond donors (Lipinski definition) is 2. The van der Waals surface area contributed by atoms with Crippen molar-refractivity contribution in [2.75, 3.05) is 12.4 Å². The van der Waals surface area contributed by atoms with E-state index in [4.69, 9.17) is 15.6 Å². The molecule has 0 saturated carbocycles. The van der Waals surface area contributed by atoms with Gasteiger partial charge in [0.05, 0.1) is 23.9 Å². The molecule has 1 amide bonds. The van der Waals surface area contributed by atoms with Crippen molar-refractivity contribution in [1.82, 2.24) is 9.78 Å². The molecule has 3 N–H and O–H groups in total. The summed E-state index contributed by atoms with van der Waals surface area (Å²) in [5.41, 5.74) is 8.09. The van der Waals surface area contributed by atoms with Crippen LogP contribution in [0.15, 0.2) is 48.7 Å². The van der Waals surface area contributed by atoms with Gasteiger partial charge in [-0.25, -0.2) is 4.39 Å². The lowest BCUT2D eigenvalue weighted by molar-refractivity contribution is 0.0996. The van der Waals surface area contributed by atoms with Crippen LogP contribution in [0.2, 0.25) is 0 Å². The molecule has 0 aliphatic heterocycles. The first kappa shape index (κ1) is 20.4. The van der Waals surface area contributed by atoms with Crippen molar-refractivity contribution in [3.05, 3.63) is 65.6 Å². The minimum Gasteiger partial charge on any atom is -0.497 e. The molecular weight excluding hydrogens is 371 g/mol. The topological polar surface area (TPSA) is 82.2 Å². The van der Waals surface area contributed by atoms with Gasteiger partial charge in [0.1, 0.15) is 11.6 Å². The van der Waals surface area contributed by atoms with Crippen molar-refractivity contribution in [2.24, 2.45) is 5.73 Å². The number of nitrogens with one attached hydrogen (secondary N) is 1. The Kier molecular flexibility index (Phi) is 5.59. The molecule has 1 heterocycles. The van der Waals surface area contributed by atoms with Gasteiger partial charge in [0.25, 0.3) is 5.91 Å². The highest BCUT2D eigenvalue weighted by molar-refractivity contribution is 5.93. The second kappa shape index (κ2) is 7.95. The molecule has 0 unspecified atom stereocenters. The van der Waals surface area contributed by atoms with Crippen molar-refractivity contribution in [2.45, 2.75) is 32.9 Å². The van der Waals surface area contributed by atoms with Crippen LogP contribution in [-0.4, -0.2) is 22.8 Å². The second-order valence-corrected chi connectivity index (χ2v) is 7.76. The lowest BCUT2D eigenvalue weighted by Gasteiger charge is -2.18. The van der Waals surface area contributed by atoms with Gasteiger partial charge in [-0.15, -0.1) is 0 Å². The maximum Gasteiger partial charge on any atom is 0.251 e. The van der Waals surface area contributed by atoms with Crippen LogP contribution in [0.3, 0.4) is 0 Å². The monoisotopic (exact) mass is 396 g/mol. The summed E-state index contributed by atoms with van der Waals surface area (Å²) < 4.78 is 21.3. The van der Waals surface area contributed by atoms with Gasteiger partial charge in [0.15, 0.2) is 0 Å². The van der Waals surface area contributed by atoms with Crippen LogP contribution in [0.5, 0.6) is 5.75 Å². The zero-order valence-corrected chi connectivity index (χ0v) is 17.0. The highest BCUT2D eigenvalue weighted by Gasteiger charge is 2.19. The number of nitrogens with two attached hydrogens (primary N) is 1. The number of amides is 1. The van der Waals surface area contributed by atoms with E-state index >= 15 is 0 Å². The number of nitrogens with zero attached hydrogens (tertiary/aromatic N) is 2. The summed E-state index contributed by atoms with van der Waals surface area (Å²) in [6, 6.07) is 12.0. The maximum absolute atomic E-state index is 14.0. The molecule has 2 aromatic carbocycles. The van der Waals surface area contributed by atoms with Gasteiger partial charge in [-0.05, 0) is 51.1 Å². The predicted octanol–water partition coefficient (Wildman–Crippen LogP) is 4.16. The van der Waals surface area contributed by atoms with Crippen molar-refractivity contribution in [3.63, 3.8) is 0 Å². The zero-order chi connectivity index (χ0) is 21.2. The Morgan fingerprint density at radius 2 is 2.00 bits per heavy atom. The average Bonchev–Trinajstić information content (AvgIpc) is 3.11. The lowest BCUT2D eigenvalue weighted by atomic mass is 10.1. The molecule has 0 radical (unpaired) electrons. The Bertz CT molecular complexity index is 1040. The molecule has 29 heavy (non-hydrogen) atoms. The number of benzene rings is 2. The maximum atomic E-state index is 14.0. The van der Waals surface area contributed by atoms with E-state index in [1.165, 1.54) is 12.1 Å². The number of rotatable bonds is 6. The second-order valence-electron chi connectivity index (χ2n) is 7.76. The molecule has 0 aliphatic carbocycles. The van der Waals surface area contributed by atoms with Gasteiger partial charge < -0.3 is 15.8 Å². The number of aromatic nitrogens is 2. The number of carbonyl (C=O) groups excluding carboxylic acids is 1. The van der Waals surface area contributed by atoms with Crippen LogP contribution >= 0.6 is 0 Å². The molecule has 3 rings (SSSR count). The number of ether oxygens (including phenoxy) is 1. The first-order valence-electron chi connectivity index (χ1n) is 9.25. The summed E-state index contributed by atoms with van der Waals surface area (Å²) in [4.78, 5) is 11.2. The van der Waals surface area contributed by atoms with Crippen molar-refractivity contribution in [1.29, 1.82) is 0 Å². The summed E-state index contributed by atoms with van der Waals surface area (Å²) in [7, 11) is 1.62. The van der Waals surface area contributed by atoms with E-state index in [-0.39, 0.29) is 11.1 Å². The summed E-state index contributed by atoms with van der Waals surface area (Å²) in [5, 5.41) is 7.97. The number of carbonyl (C=O) groups is 1. The van der Waals surface area contributed by atoms with Crippen molar-refractivity contribution < 1.29 is 13.9 Å². The minimum atomic E-state index is -0.791. The molecule has 1 aromatic heterocycles. The molecule has 0 bridgehead atoms. The van der Waals surface area contributed by atoms with Crippen LogP contribution in [0, 0.1) is 5.82 Å². The van der Waals surface area contributed by atoms with E-state index in [0.29, 0.717) is 12.2 Å². The fourth-order valence-electron chi connectivity index (χ4n) is 2.92. The van der Waals surface area contributed by atoms with Gasteiger partial charge >= 0.3 is 0 Å². The quantitative estimate of drug-likeness (QED) is 0.655. The molecule has 0 atom stereocenters. The molecule has 0 spiro atoms. The van der Waals surface area contributed by atoms with Gasteiger partial charge in [-0.2, -0.15) is 5.10 Å². The number of primary amides is 1. The van der Waals surface area contributed by atoms with E-state index < -0.39 is 11.7 Å². The first-order valence-corrected chi connectivity index (χ1v) is 9.25. The van der Waals surface area contributed by atoms with E-state index in [1.807, 2.05) is 35.1 Å². The Labute approximate surface area is 169 Å². The molecule has 0 saturated heterocycles. The largest absolute Gasteiger partial charge is 0.497 e. The Morgan fingerprint density at radius 1 is 1.24 bits per heavy atom.